The number of nitrogens with two attached hydrogens (primary N) is 1. The van der Waals surface area contributed by atoms with E-state index in [4.69, 9.17) is 10.9 Å². The quantitative estimate of drug-likeness (QED) is 0.312. The molecular weight excluding hydrogens is 266 g/mol. The fourth-order valence-electron chi connectivity index (χ4n) is 2.52. The number of amides is 1. The zero-order chi connectivity index (χ0) is 15.9. The Morgan fingerprint density at radius 1 is 1.29 bits per heavy atom. The van der Waals surface area contributed by atoms with Gasteiger partial charge in [0.1, 0.15) is 5.41 Å². The Bertz CT molecular complexity index is 508. The number of benzene rings is 1. The minimum Gasteiger partial charge on any atom is -0.409 e. The molecule has 0 aliphatic heterocycles. The molecule has 0 saturated carbocycles. The summed E-state index contributed by atoms with van der Waals surface area (Å²) < 4.78 is 0. The third kappa shape index (κ3) is 3.54. The first kappa shape index (κ1) is 17.0. The molecule has 4 N–H and O–H groups in total. The minimum absolute atomic E-state index is 0.0435. The van der Waals surface area contributed by atoms with Gasteiger partial charge in [-0.25, -0.2) is 0 Å². The van der Waals surface area contributed by atoms with Gasteiger partial charge in [-0.2, -0.15) is 0 Å². The average Bonchev–Trinajstić information content (AvgIpc) is 2.51. The van der Waals surface area contributed by atoms with E-state index in [0.717, 1.165) is 24.1 Å². The number of rotatable bonds is 7. The van der Waals surface area contributed by atoms with Crippen molar-refractivity contribution in [2.45, 2.75) is 46.5 Å². The number of anilines is 1. The van der Waals surface area contributed by atoms with Crippen LogP contribution in [0.5, 0.6) is 0 Å². The van der Waals surface area contributed by atoms with E-state index >= 15 is 0 Å². The molecule has 0 unspecified atom stereocenters. The maximum absolute atomic E-state index is 12.7. The van der Waals surface area contributed by atoms with Crippen LogP contribution in [0.4, 0.5) is 5.69 Å². The Balaban J connectivity index is 3.08. The molecule has 1 aromatic carbocycles. The Labute approximate surface area is 126 Å². The maximum atomic E-state index is 12.7. The van der Waals surface area contributed by atoms with Gasteiger partial charge in [0.2, 0.25) is 5.91 Å². The molecular formula is C16H25N3O2. The van der Waals surface area contributed by atoms with Gasteiger partial charge in [-0.3, -0.25) is 4.79 Å². The van der Waals surface area contributed by atoms with Crippen LogP contribution in [0.3, 0.4) is 0 Å². The summed E-state index contributed by atoms with van der Waals surface area (Å²) in [5.74, 6) is -0.274. The first-order valence-corrected chi connectivity index (χ1v) is 7.43. The molecule has 21 heavy (non-hydrogen) atoms. The van der Waals surface area contributed by atoms with Crippen LogP contribution in [0.1, 0.15) is 45.6 Å². The van der Waals surface area contributed by atoms with Gasteiger partial charge in [-0.05, 0) is 30.9 Å². The Hall–Kier alpha value is -2.04. The largest absolute Gasteiger partial charge is 0.409 e. The molecule has 0 fully saturated rings. The summed E-state index contributed by atoms with van der Waals surface area (Å²) in [5, 5.41) is 15.0. The molecule has 0 aromatic heterocycles. The first-order valence-electron chi connectivity index (χ1n) is 7.43. The molecule has 0 atom stereocenters. The van der Waals surface area contributed by atoms with Gasteiger partial charge in [-0.1, -0.05) is 50.5 Å². The van der Waals surface area contributed by atoms with E-state index < -0.39 is 5.41 Å². The van der Waals surface area contributed by atoms with Gasteiger partial charge in [0.15, 0.2) is 5.84 Å². The normalized spacial score (nSPS) is 12.2. The second-order valence-electron chi connectivity index (χ2n) is 5.14. The number of hydrogen-bond donors (Lipinski definition) is 3. The van der Waals surface area contributed by atoms with E-state index in [2.05, 4.69) is 17.4 Å². The molecule has 0 aliphatic carbocycles. The van der Waals surface area contributed by atoms with Gasteiger partial charge in [0.05, 0.1) is 0 Å². The molecule has 5 nitrogen and oxygen atoms in total. The molecule has 1 amide bonds. The number of amidine groups is 1. The number of nitrogens with zero attached hydrogens (tertiary/aromatic N) is 1. The highest BCUT2D eigenvalue weighted by Gasteiger charge is 2.40. The van der Waals surface area contributed by atoms with Crippen molar-refractivity contribution >= 4 is 17.4 Å². The van der Waals surface area contributed by atoms with E-state index in [0.29, 0.717) is 12.8 Å². The van der Waals surface area contributed by atoms with Gasteiger partial charge >= 0.3 is 0 Å². The SMILES string of the molecule is CCCc1ccccc1NC(=O)C(CC)(CC)C(N)=NO. The number of para-hydroxylation sites is 1. The smallest absolute Gasteiger partial charge is 0.238 e. The zero-order valence-corrected chi connectivity index (χ0v) is 13.0. The van der Waals surface area contributed by atoms with Crippen molar-refractivity contribution in [2.24, 2.45) is 16.3 Å². The standard InChI is InChI=1S/C16H25N3O2/c1-4-9-12-10-7-8-11-13(12)18-15(20)16(5-2,6-3)14(17)19-21/h7-8,10-11,21H,4-6,9H2,1-3H3,(H2,17,19)(H,18,20). The summed E-state index contributed by atoms with van der Waals surface area (Å²) in [7, 11) is 0. The van der Waals surface area contributed by atoms with Crippen molar-refractivity contribution in [1.29, 1.82) is 0 Å². The Morgan fingerprint density at radius 2 is 1.90 bits per heavy atom. The average molecular weight is 291 g/mol. The van der Waals surface area contributed by atoms with E-state index in [1.54, 1.807) is 0 Å². The number of carbonyl (C=O) groups is 1. The lowest BCUT2D eigenvalue weighted by Gasteiger charge is -2.29. The molecule has 1 aromatic rings. The summed E-state index contributed by atoms with van der Waals surface area (Å²) in [4.78, 5) is 12.7. The summed E-state index contributed by atoms with van der Waals surface area (Å²) in [6, 6.07) is 7.72. The van der Waals surface area contributed by atoms with Crippen molar-refractivity contribution in [2.75, 3.05) is 5.32 Å². The lowest BCUT2D eigenvalue weighted by atomic mass is 9.80. The maximum Gasteiger partial charge on any atom is 0.238 e. The van der Waals surface area contributed by atoms with Crippen molar-refractivity contribution < 1.29 is 10.0 Å². The third-order valence-corrected chi connectivity index (χ3v) is 4.02. The van der Waals surface area contributed by atoms with E-state index in [1.165, 1.54) is 0 Å². The number of hydrogen-bond acceptors (Lipinski definition) is 3. The highest BCUT2D eigenvalue weighted by molar-refractivity contribution is 6.12. The van der Waals surface area contributed by atoms with Gasteiger partial charge in [-0.15, -0.1) is 0 Å². The third-order valence-electron chi connectivity index (χ3n) is 4.02. The fraction of sp³-hybridized carbons (Fsp3) is 0.500. The van der Waals surface area contributed by atoms with Crippen molar-refractivity contribution in [3.8, 4) is 0 Å². The monoisotopic (exact) mass is 291 g/mol. The van der Waals surface area contributed by atoms with E-state index in [-0.39, 0.29) is 11.7 Å². The highest BCUT2D eigenvalue weighted by Crippen LogP contribution is 2.29. The molecule has 0 saturated heterocycles. The molecule has 5 heteroatoms. The zero-order valence-electron chi connectivity index (χ0n) is 13.0. The first-order chi connectivity index (χ1) is 10.1. The molecule has 1 rings (SSSR count). The molecule has 0 radical (unpaired) electrons. The lowest BCUT2D eigenvalue weighted by Crippen LogP contribution is -2.46. The van der Waals surface area contributed by atoms with Crippen molar-refractivity contribution in [3.05, 3.63) is 29.8 Å². The highest BCUT2D eigenvalue weighted by atomic mass is 16.4. The number of oxime groups is 1. The predicted octanol–water partition coefficient (Wildman–Crippen LogP) is 3.13. The molecule has 0 aliphatic rings. The second-order valence-corrected chi connectivity index (χ2v) is 5.14. The molecule has 0 bridgehead atoms. The van der Waals surface area contributed by atoms with Crippen LogP contribution in [0, 0.1) is 5.41 Å². The van der Waals surface area contributed by atoms with Gasteiger partial charge in [0.25, 0.3) is 0 Å². The van der Waals surface area contributed by atoms with Crippen LogP contribution in [0.25, 0.3) is 0 Å². The summed E-state index contributed by atoms with van der Waals surface area (Å²) >= 11 is 0. The van der Waals surface area contributed by atoms with E-state index in [1.807, 2.05) is 38.1 Å². The van der Waals surface area contributed by atoms with Crippen LogP contribution >= 0.6 is 0 Å². The van der Waals surface area contributed by atoms with Crippen molar-refractivity contribution in [3.63, 3.8) is 0 Å². The van der Waals surface area contributed by atoms with Crippen LogP contribution < -0.4 is 11.1 Å². The lowest BCUT2D eigenvalue weighted by molar-refractivity contribution is -0.122. The minimum atomic E-state index is -0.978. The van der Waals surface area contributed by atoms with Crippen LogP contribution in [0.15, 0.2) is 29.4 Å². The Kier molecular flexibility index (Phi) is 6.21. The second kappa shape index (κ2) is 7.67. The molecule has 0 spiro atoms. The van der Waals surface area contributed by atoms with Gasteiger partial charge in [0, 0.05) is 5.69 Å². The topological polar surface area (TPSA) is 87.7 Å². The summed E-state index contributed by atoms with van der Waals surface area (Å²) in [6.07, 6.45) is 2.84. The van der Waals surface area contributed by atoms with Crippen LogP contribution in [0.2, 0.25) is 0 Å². The fourth-order valence-corrected chi connectivity index (χ4v) is 2.52. The van der Waals surface area contributed by atoms with E-state index in [9.17, 15) is 4.79 Å². The number of aryl methyl sites for hydroxylation is 1. The Morgan fingerprint density at radius 3 is 2.43 bits per heavy atom. The van der Waals surface area contributed by atoms with Gasteiger partial charge < -0.3 is 16.3 Å². The van der Waals surface area contributed by atoms with Crippen LogP contribution in [-0.2, 0) is 11.2 Å². The molecule has 0 heterocycles. The molecule has 116 valence electrons. The van der Waals surface area contributed by atoms with Crippen molar-refractivity contribution in [1.82, 2.24) is 0 Å². The number of carbonyl (C=O) groups excluding carboxylic acids is 1. The summed E-state index contributed by atoms with van der Waals surface area (Å²) in [5.41, 5.74) is 6.67. The van der Waals surface area contributed by atoms with Crippen LogP contribution in [-0.4, -0.2) is 17.0 Å². The summed E-state index contributed by atoms with van der Waals surface area (Å²) in [6.45, 7) is 5.82. The number of nitrogens with one attached hydrogen (secondary N) is 1. The predicted molar refractivity (Wildman–Crippen MR) is 85.5 cm³/mol.